The minimum absolute atomic E-state index is 0.380. The molecule has 5 rings (SSSR count). The normalized spacial score (nSPS) is 20.9. The van der Waals surface area contributed by atoms with Crippen LogP contribution in [0.1, 0.15) is 22.6 Å². The van der Waals surface area contributed by atoms with Crippen LogP contribution in [0.15, 0.2) is 66.7 Å². The van der Waals surface area contributed by atoms with Gasteiger partial charge in [0.05, 0.1) is 0 Å². The number of rotatable bonds is 1. The second kappa shape index (κ2) is 4.94. The van der Waals surface area contributed by atoms with E-state index in [2.05, 4.69) is 94.8 Å². The summed E-state index contributed by atoms with van der Waals surface area (Å²) in [6.07, 6.45) is 9.13. The Morgan fingerprint density at radius 2 is 1.52 bits per heavy atom. The van der Waals surface area contributed by atoms with Gasteiger partial charge in [-0.15, -0.1) is 0 Å². The molecular weight excluding hydrogens is 344 g/mol. The van der Waals surface area contributed by atoms with E-state index in [9.17, 15) is 0 Å². The van der Waals surface area contributed by atoms with Gasteiger partial charge in [-0.05, 0) is 38.6 Å². The highest BCUT2D eigenvalue weighted by atomic mass is 79.9. The van der Waals surface area contributed by atoms with Crippen molar-refractivity contribution in [2.75, 3.05) is 0 Å². The Kier molecular flexibility index (Phi) is 2.86. The van der Waals surface area contributed by atoms with Crippen molar-refractivity contribution in [2.45, 2.75) is 10.7 Å². The van der Waals surface area contributed by atoms with Gasteiger partial charge in [0.1, 0.15) is 0 Å². The van der Waals surface area contributed by atoms with Gasteiger partial charge in [-0.3, -0.25) is 0 Å². The van der Waals surface area contributed by atoms with E-state index in [1.165, 1.54) is 38.6 Å². The van der Waals surface area contributed by atoms with Gasteiger partial charge < -0.3 is 0 Å². The van der Waals surface area contributed by atoms with E-state index in [1.54, 1.807) is 0 Å². The molecule has 0 amide bonds. The quantitative estimate of drug-likeness (QED) is 0.441. The zero-order chi connectivity index (χ0) is 15.4. The Hall–Kier alpha value is -2.12. The van der Waals surface area contributed by atoms with Gasteiger partial charge in [-0.25, -0.2) is 0 Å². The van der Waals surface area contributed by atoms with Gasteiger partial charge in [0.15, 0.2) is 0 Å². The maximum atomic E-state index is 3.83. The summed E-state index contributed by atoms with van der Waals surface area (Å²) in [5, 5.41) is 2.78. The highest BCUT2D eigenvalue weighted by Gasteiger charge is 2.28. The highest BCUT2D eigenvalue weighted by molar-refractivity contribution is 9.09. The zero-order valence-electron chi connectivity index (χ0n) is 12.5. The van der Waals surface area contributed by atoms with Crippen LogP contribution in [0.4, 0.5) is 0 Å². The maximum Gasteiger partial charge on any atom is 0.0432 e. The van der Waals surface area contributed by atoms with Crippen molar-refractivity contribution < 1.29 is 0 Å². The molecule has 1 heteroatoms. The molecule has 2 atom stereocenters. The lowest BCUT2D eigenvalue weighted by Crippen LogP contribution is -2.15. The van der Waals surface area contributed by atoms with E-state index in [4.69, 9.17) is 0 Å². The van der Waals surface area contributed by atoms with Crippen LogP contribution in [0.5, 0.6) is 0 Å². The van der Waals surface area contributed by atoms with Gasteiger partial charge in [-0.1, -0.05) is 94.8 Å². The summed E-state index contributed by atoms with van der Waals surface area (Å²) in [6, 6.07) is 19.8. The molecule has 0 radical (unpaired) electrons. The van der Waals surface area contributed by atoms with Crippen LogP contribution in [0, 0.1) is 0 Å². The predicted octanol–water partition coefficient (Wildman–Crippen LogP) is 6.41. The molecule has 23 heavy (non-hydrogen) atoms. The molecular formula is C22H15Br. The standard InChI is InChI=1S/C22H15Br/c23-20-13-9-16-7-11-18-17(14-4-2-1-3-5-14)10-6-15-8-12-19(20)22(16)21(15)18/h1-13,19-20H. The van der Waals surface area contributed by atoms with Crippen LogP contribution in [0.2, 0.25) is 0 Å². The fourth-order valence-electron chi connectivity index (χ4n) is 3.91. The molecule has 0 bridgehead atoms. The molecule has 0 spiro atoms. The third-order valence-electron chi connectivity index (χ3n) is 4.99. The zero-order valence-corrected chi connectivity index (χ0v) is 14.1. The largest absolute Gasteiger partial charge is 0.0835 e. The Balaban J connectivity index is 1.90. The second-order valence-corrected chi connectivity index (χ2v) is 7.31. The molecule has 0 fully saturated rings. The van der Waals surface area contributed by atoms with E-state index in [0.29, 0.717) is 10.7 Å². The first-order valence-electron chi connectivity index (χ1n) is 7.98. The topological polar surface area (TPSA) is 0 Å². The number of alkyl halides is 1. The Morgan fingerprint density at radius 1 is 0.739 bits per heavy atom. The first-order chi connectivity index (χ1) is 11.3. The van der Waals surface area contributed by atoms with Crippen molar-refractivity contribution in [3.05, 3.63) is 83.4 Å². The van der Waals surface area contributed by atoms with Crippen LogP contribution in [0.3, 0.4) is 0 Å². The van der Waals surface area contributed by atoms with Crippen molar-refractivity contribution in [1.29, 1.82) is 0 Å². The molecule has 0 saturated heterocycles. The molecule has 0 nitrogen and oxygen atoms in total. The predicted molar refractivity (Wildman–Crippen MR) is 103 cm³/mol. The Bertz CT molecular complexity index is 980. The Morgan fingerprint density at radius 3 is 2.39 bits per heavy atom. The van der Waals surface area contributed by atoms with Crippen molar-refractivity contribution in [3.63, 3.8) is 0 Å². The van der Waals surface area contributed by atoms with Crippen molar-refractivity contribution in [2.24, 2.45) is 0 Å². The average Bonchev–Trinajstić information content (AvgIpc) is 2.62. The Labute approximate surface area is 144 Å². The highest BCUT2D eigenvalue weighted by Crippen LogP contribution is 2.45. The number of benzene rings is 3. The van der Waals surface area contributed by atoms with E-state index < -0.39 is 0 Å². The summed E-state index contributed by atoms with van der Waals surface area (Å²) >= 11 is 3.83. The third kappa shape index (κ3) is 1.90. The van der Waals surface area contributed by atoms with Gasteiger partial charge in [0.2, 0.25) is 0 Å². The van der Waals surface area contributed by atoms with Crippen LogP contribution in [0.25, 0.3) is 34.1 Å². The lowest BCUT2D eigenvalue weighted by Gasteiger charge is -2.29. The molecule has 0 N–H and O–H groups in total. The van der Waals surface area contributed by atoms with Crippen molar-refractivity contribution in [3.8, 4) is 11.1 Å². The fourth-order valence-corrected chi connectivity index (χ4v) is 4.51. The number of halogens is 1. The molecule has 0 saturated carbocycles. The fraction of sp³-hybridized carbons (Fsp3) is 0.0909. The third-order valence-corrected chi connectivity index (χ3v) is 5.87. The van der Waals surface area contributed by atoms with Crippen LogP contribution >= 0.6 is 15.9 Å². The monoisotopic (exact) mass is 358 g/mol. The van der Waals surface area contributed by atoms with E-state index in [-0.39, 0.29) is 0 Å². The molecule has 0 aromatic heterocycles. The maximum absolute atomic E-state index is 3.83. The number of hydrogen-bond acceptors (Lipinski definition) is 0. The molecule has 2 unspecified atom stereocenters. The van der Waals surface area contributed by atoms with Gasteiger partial charge in [0.25, 0.3) is 0 Å². The molecule has 0 heterocycles. The number of allylic oxidation sites excluding steroid dienone is 2. The summed E-state index contributed by atoms with van der Waals surface area (Å²) in [4.78, 5) is 0.380. The first kappa shape index (κ1) is 13.3. The molecule has 3 aromatic carbocycles. The molecule has 2 aliphatic rings. The second-order valence-electron chi connectivity index (χ2n) is 6.25. The summed E-state index contributed by atoms with van der Waals surface area (Å²) in [7, 11) is 0. The number of hydrogen-bond donors (Lipinski definition) is 0. The molecule has 0 aliphatic heterocycles. The average molecular weight is 359 g/mol. The van der Waals surface area contributed by atoms with E-state index in [0.717, 1.165) is 0 Å². The van der Waals surface area contributed by atoms with E-state index in [1.807, 2.05) is 0 Å². The summed E-state index contributed by atoms with van der Waals surface area (Å²) < 4.78 is 0. The van der Waals surface area contributed by atoms with E-state index >= 15 is 0 Å². The lowest BCUT2D eigenvalue weighted by atomic mass is 9.77. The van der Waals surface area contributed by atoms with Crippen LogP contribution in [-0.4, -0.2) is 4.83 Å². The smallest absolute Gasteiger partial charge is 0.0432 e. The van der Waals surface area contributed by atoms with Crippen molar-refractivity contribution >= 4 is 38.9 Å². The molecule has 110 valence electrons. The van der Waals surface area contributed by atoms with Crippen molar-refractivity contribution in [1.82, 2.24) is 0 Å². The van der Waals surface area contributed by atoms with Gasteiger partial charge in [-0.2, -0.15) is 0 Å². The lowest BCUT2D eigenvalue weighted by molar-refractivity contribution is 0.889. The van der Waals surface area contributed by atoms with Crippen LogP contribution < -0.4 is 0 Å². The summed E-state index contributed by atoms with van der Waals surface area (Å²) in [6.45, 7) is 0. The minimum Gasteiger partial charge on any atom is -0.0835 e. The molecule has 3 aromatic rings. The SMILES string of the molecule is BrC1C=Cc2ccc3c(-c4ccccc4)ccc4c3c2C1C=C4. The van der Waals surface area contributed by atoms with Gasteiger partial charge >= 0.3 is 0 Å². The van der Waals surface area contributed by atoms with Gasteiger partial charge in [0, 0.05) is 10.7 Å². The minimum atomic E-state index is 0.380. The summed E-state index contributed by atoms with van der Waals surface area (Å²) in [5.74, 6) is 0.428. The first-order valence-corrected chi connectivity index (χ1v) is 8.90. The van der Waals surface area contributed by atoms with Crippen LogP contribution in [-0.2, 0) is 0 Å². The summed E-state index contributed by atoms with van der Waals surface area (Å²) in [5.41, 5.74) is 6.77. The molecule has 2 aliphatic carbocycles.